The molecule has 0 bridgehead atoms. The van der Waals surface area contributed by atoms with Gasteiger partial charge in [0.15, 0.2) is 0 Å². The van der Waals surface area contributed by atoms with Gasteiger partial charge in [-0.15, -0.1) is 0 Å². The number of rotatable bonds is 5. The number of nitrogens with two attached hydrogens (primary N) is 1. The van der Waals surface area contributed by atoms with Crippen molar-refractivity contribution >= 4 is 33.2 Å². The highest BCUT2D eigenvalue weighted by atomic mass is 32.2. The number of anilines is 3. The molecular weight excluding hydrogens is 352 g/mol. The summed E-state index contributed by atoms with van der Waals surface area (Å²) in [4.78, 5) is 14.9. The minimum Gasteiger partial charge on any atom is -0.369 e. The molecule has 1 aliphatic rings. The molecule has 4 N–H and O–H groups in total. The molecule has 0 aromatic heterocycles. The highest BCUT2D eigenvalue weighted by Crippen LogP contribution is 2.45. The van der Waals surface area contributed by atoms with Crippen molar-refractivity contribution in [2.24, 2.45) is 10.6 Å². The standard InChI is InChI=1S/C18H30N4O3S/c1-7-9-22-10-8-13-11(2)14(21-26(19,24)25)12(3)15(16(13)22)20-17(23)18(4,5)6/h21H,7-10H2,1-6H3,(H,20,23)(H2,19,24,25). The molecule has 26 heavy (non-hydrogen) atoms. The van der Waals surface area contributed by atoms with Gasteiger partial charge in [0, 0.05) is 18.5 Å². The van der Waals surface area contributed by atoms with E-state index in [1.54, 1.807) is 0 Å². The van der Waals surface area contributed by atoms with Crippen molar-refractivity contribution < 1.29 is 13.2 Å². The zero-order chi connectivity index (χ0) is 19.9. The van der Waals surface area contributed by atoms with Crippen LogP contribution in [0.1, 0.15) is 50.8 Å². The molecule has 1 aromatic carbocycles. The Balaban J connectivity index is 2.68. The van der Waals surface area contributed by atoms with Crippen molar-refractivity contribution in [2.45, 2.75) is 54.4 Å². The molecule has 0 saturated heterocycles. The maximum absolute atomic E-state index is 12.6. The fourth-order valence-corrected chi connectivity index (χ4v) is 3.91. The summed E-state index contributed by atoms with van der Waals surface area (Å²) in [5, 5.41) is 8.25. The summed E-state index contributed by atoms with van der Waals surface area (Å²) in [5.41, 5.74) is 4.15. The van der Waals surface area contributed by atoms with Gasteiger partial charge in [-0.1, -0.05) is 27.7 Å². The minimum absolute atomic E-state index is 0.114. The van der Waals surface area contributed by atoms with Crippen LogP contribution in [-0.2, 0) is 21.4 Å². The van der Waals surface area contributed by atoms with Crippen molar-refractivity contribution in [1.82, 2.24) is 0 Å². The van der Waals surface area contributed by atoms with Crippen LogP contribution in [0.2, 0.25) is 0 Å². The van der Waals surface area contributed by atoms with Gasteiger partial charge in [-0.3, -0.25) is 9.52 Å². The van der Waals surface area contributed by atoms with E-state index in [-0.39, 0.29) is 5.91 Å². The lowest BCUT2D eigenvalue weighted by Gasteiger charge is -2.28. The summed E-state index contributed by atoms with van der Waals surface area (Å²) in [7, 11) is -3.91. The second-order valence-corrected chi connectivity index (χ2v) is 9.21. The first-order valence-electron chi connectivity index (χ1n) is 8.89. The number of nitrogens with one attached hydrogen (secondary N) is 2. The summed E-state index contributed by atoms with van der Waals surface area (Å²) < 4.78 is 25.7. The lowest BCUT2D eigenvalue weighted by Crippen LogP contribution is -2.30. The molecule has 146 valence electrons. The summed E-state index contributed by atoms with van der Waals surface area (Å²) in [6.45, 7) is 13.1. The monoisotopic (exact) mass is 382 g/mol. The first kappa shape index (κ1) is 20.5. The van der Waals surface area contributed by atoms with Crippen LogP contribution in [-0.4, -0.2) is 27.4 Å². The predicted molar refractivity (Wildman–Crippen MR) is 107 cm³/mol. The van der Waals surface area contributed by atoms with E-state index in [4.69, 9.17) is 5.14 Å². The molecule has 1 amide bonds. The van der Waals surface area contributed by atoms with Gasteiger partial charge in [0.05, 0.1) is 17.1 Å². The topological polar surface area (TPSA) is 105 Å². The molecule has 0 radical (unpaired) electrons. The average molecular weight is 383 g/mol. The van der Waals surface area contributed by atoms with Crippen LogP contribution in [0.15, 0.2) is 0 Å². The van der Waals surface area contributed by atoms with E-state index in [9.17, 15) is 13.2 Å². The van der Waals surface area contributed by atoms with Gasteiger partial charge in [-0.05, 0) is 43.4 Å². The number of amides is 1. The molecule has 0 atom stereocenters. The predicted octanol–water partition coefficient (Wildman–Crippen LogP) is 2.68. The molecular formula is C18H30N4O3S. The Kier molecular flexibility index (Phi) is 5.58. The fraction of sp³-hybridized carbons (Fsp3) is 0.611. The van der Waals surface area contributed by atoms with Crippen LogP contribution in [0, 0.1) is 19.3 Å². The maximum Gasteiger partial charge on any atom is 0.296 e. The molecule has 2 rings (SSSR count). The van der Waals surface area contributed by atoms with Gasteiger partial charge in [-0.25, -0.2) is 5.14 Å². The van der Waals surface area contributed by atoms with E-state index in [2.05, 4.69) is 21.9 Å². The van der Waals surface area contributed by atoms with Gasteiger partial charge in [0.1, 0.15) is 0 Å². The second kappa shape index (κ2) is 7.08. The summed E-state index contributed by atoms with van der Waals surface area (Å²) in [6.07, 6.45) is 1.79. The lowest BCUT2D eigenvalue weighted by atomic mass is 9.94. The number of fused-ring (bicyclic) bond motifs is 1. The minimum atomic E-state index is -3.91. The Morgan fingerprint density at radius 3 is 2.31 bits per heavy atom. The number of hydrogen-bond donors (Lipinski definition) is 3. The third kappa shape index (κ3) is 4.12. The van der Waals surface area contributed by atoms with Crippen LogP contribution in [0.4, 0.5) is 17.1 Å². The number of nitrogens with zero attached hydrogens (tertiary/aromatic N) is 1. The molecule has 8 heteroatoms. The SMILES string of the molecule is CCCN1CCc2c(C)c(NS(N)(=O)=O)c(C)c(NC(=O)C(C)(C)C)c21. The number of benzene rings is 1. The molecule has 0 fully saturated rings. The Morgan fingerprint density at radius 2 is 1.81 bits per heavy atom. The molecule has 0 saturated carbocycles. The highest BCUT2D eigenvalue weighted by Gasteiger charge is 2.31. The lowest BCUT2D eigenvalue weighted by molar-refractivity contribution is -0.123. The van der Waals surface area contributed by atoms with Crippen LogP contribution in [0.5, 0.6) is 0 Å². The smallest absolute Gasteiger partial charge is 0.296 e. The van der Waals surface area contributed by atoms with E-state index >= 15 is 0 Å². The Bertz CT molecular complexity index is 826. The Hall–Kier alpha value is -1.80. The van der Waals surface area contributed by atoms with Crippen molar-refractivity contribution in [1.29, 1.82) is 0 Å². The zero-order valence-corrected chi connectivity index (χ0v) is 17.3. The van der Waals surface area contributed by atoms with E-state index in [0.29, 0.717) is 16.9 Å². The van der Waals surface area contributed by atoms with Crippen molar-refractivity contribution in [3.63, 3.8) is 0 Å². The summed E-state index contributed by atoms with van der Waals surface area (Å²) in [6, 6.07) is 0. The first-order valence-corrected chi connectivity index (χ1v) is 10.4. The normalized spacial score (nSPS) is 14.3. The van der Waals surface area contributed by atoms with Gasteiger partial charge >= 0.3 is 0 Å². The van der Waals surface area contributed by atoms with E-state index in [1.807, 2.05) is 34.6 Å². The molecule has 1 heterocycles. The molecule has 0 unspecified atom stereocenters. The number of carbonyl (C=O) groups is 1. The molecule has 1 aromatic rings. The van der Waals surface area contributed by atoms with Crippen LogP contribution < -0.4 is 20.1 Å². The van der Waals surface area contributed by atoms with Crippen LogP contribution >= 0.6 is 0 Å². The molecule has 0 aliphatic carbocycles. The summed E-state index contributed by atoms with van der Waals surface area (Å²) >= 11 is 0. The largest absolute Gasteiger partial charge is 0.369 e. The van der Waals surface area contributed by atoms with Crippen molar-refractivity contribution in [3.05, 3.63) is 16.7 Å². The number of carbonyl (C=O) groups excluding carboxylic acids is 1. The molecule has 0 spiro atoms. The maximum atomic E-state index is 12.6. The van der Waals surface area contributed by atoms with Gasteiger partial charge in [0.2, 0.25) is 5.91 Å². The quantitative estimate of drug-likeness (QED) is 0.728. The van der Waals surface area contributed by atoms with E-state index < -0.39 is 15.6 Å². The average Bonchev–Trinajstić information content (AvgIpc) is 2.90. The third-order valence-electron chi connectivity index (χ3n) is 4.71. The highest BCUT2D eigenvalue weighted by molar-refractivity contribution is 7.90. The second-order valence-electron chi connectivity index (χ2n) is 7.92. The first-order chi connectivity index (χ1) is 11.9. The van der Waals surface area contributed by atoms with Gasteiger partial charge in [-0.2, -0.15) is 8.42 Å². The third-order valence-corrected chi connectivity index (χ3v) is 5.19. The van der Waals surface area contributed by atoms with E-state index in [0.717, 1.165) is 42.7 Å². The van der Waals surface area contributed by atoms with E-state index in [1.165, 1.54) is 0 Å². The summed E-state index contributed by atoms with van der Waals surface area (Å²) in [5.74, 6) is -0.114. The zero-order valence-electron chi connectivity index (χ0n) is 16.5. The Morgan fingerprint density at radius 1 is 1.19 bits per heavy atom. The molecule has 7 nitrogen and oxygen atoms in total. The van der Waals surface area contributed by atoms with Crippen molar-refractivity contribution in [3.8, 4) is 0 Å². The van der Waals surface area contributed by atoms with Crippen LogP contribution in [0.25, 0.3) is 0 Å². The Labute approximate surface area is 156 Å². The van der Waals surface area contributed by atoms with Gasteiger partial charge in [0.25, 0.3) is 10.2 Å². The fourth-order valence-electron chi connectivity index (χ4n) is 3.32. The number of hydrogen-bond acceptors (Lipinski definition) is 4. The van der Waals surface area contributed by atoms with Crippen LogP contribution in [0.3, 0.4) is 0 Å². The van der Waals surface area contributed by atoms with Crippen molar-refractivity contribution in [2.75, 3.05) is 28.0 Å². The van der Waals surface area contributed by atoms with Gasteiger partial charge < -0.3 is 10.2 Å². The molecule has 1 aliphatic heterocycles.